The van der Waals surface area contributed by atoms with Crippen LogP contribution in [-0.2, 0) is 13.2 Å². The third-order valence-electron chi connectivity index (χ3n) is 3.59. The normalized spacial score (nSPS) is 10.2. The minimum absolute atomic E-state index is 0.108. The van der Waals surface area contributed by atoms with Crippen molar-refractivity contribution in [1.29, 1.82) is 5.26 Å². The molecule has 1 heterocycles. The van der Waals surface area contributed by atoms with Gasteiger partial charge in [0.05, 0.1) is 17.2 Å². The molecule has 7 heteroatoms. The number of para-hydroxylation sites is 1. The summed E-state index contributed by atoms with van der Waals surface area (Å²) in [5.74, 6) is 1.05. The fourth-order valence-electron chi connectivity index (χ4n) is 2.30. The molecule has 0 saturated carbocycles. The standard InChI is InChI=1S/C19H16N4O3/c1-13-22-18(23-26-13)12-25-17-5-3-2-4-16(17)19(24)21-11-15-8-6-14(10-20)7-9-15/h2-9H,11-12H2,1H3,(H,21,24). The maximum Gasteiger partial charge on any atom is 0.255 e. The van der Waals surface area contributed by atoms with Gasteiger partial charge in [0.25, 0.3) is 5.91 Å². The SMILES string of the molecule is Cc1nc(COc2ccccc2C(=O)NCc2ccc(C#N)cc2)no1. The number of nitrogens with one attached hydrogen (secondary N) is 1. The van der Waals surface area contributed by atoms with Crippen LogP contribution >= 0.6 is 0 Å². The lowest BCUT2D eigenvalue weighted by Crippen LogP contribution is -2.23. The van der Waals surface area contributed by atoms with Crippen molar-refractivity contribution < 1.29 is 14.1 Å². The zero-order valence-electron chi connectivity index (χ0n) is 14.1. The summed E-state index contributed by atoms with van der Waals surface area (Å²) in [6.45, 7) is 2.15. The van der Waals surface area contributed by atoms with E-state index in [4.69, 9.17) is 14.5 Å². The number of amides is 1. The van der Waals surface area contributed by atoms with Crippen LogP contribution < -0.4 is 10.1 Å². The van der Waals surface area contributed by atoms with Gasteiger partial charge in [0.2, 0.25) is 11.7 Å². The van der Waals surface area contributed by atoms with Gasteiger partial charge in [0.1, 0.15) is 5.75 Å². The Morgan fingerprint density at radius 2 is 2.00 bits per heavy atom. The predicted molar refractivity (Wildman–Crippen MR) is 92.1 cm³/mol. The summed E-state index contributed by atoms with van der Waals surface area (Å²) >= 11 is 0. The van der Waals surface area contributed by atoms with Gasteiger partial charge in [-0.15, -0.1) is 0 Å². The Balaban J connectivity index is 1.64. The Labute approximate surface area is 150 Å². The average molecular weight is 348 g/mol. The van der Waals surface area contributed by atoms with Gasteiger partial charge in [-0.2, -0.15) is 10.2 Å². The molecule has 3 rings (SSSR count). The molecule has 0 aliphatic carbocycles. The van der Waals surface area contributed by atoms with E-state index in [0.717, 1.165) is 5.56 Å². The molecule has 0 spiro atoms. The highest BCUT2D eigenvalue weighted by molar-refractivity contribution is 5.96. The van der Waals surface area contributed by atoms with Crippen LogP contribution in [0.2, 0.25) is 0 Å². The van der Waals surface area contributed by atoms with E-state index in [-0.39, 0.29) is 12.5 Å². The Kier molecular flexibility index (Phi) is 5.25. The van der Waals surface area contributed by atoms with Gasteiger partial charge in [0.15, 0.2) is 6.61 Å². The van der Waals surface area contributed by atoms with E-state index in [9.17, 15) is 4.79 Å². The third kappa shape index (κ3) is 4.24. The lowest BCUT2D eigenvalue weighted by molar-refractivity contribution is 0.0946. The van der Waals surface area contributed by atoms with Crippen molar-refractivity contribution in [3.63, 3.8) is 0 Å². The molecule has 3 aromatic rings. The quantitative estimate of drug-likeness (QED) is 0.735. The number of carbonyl (C=O) groups is 1. The number of nitriles is 1. The largest absolute Gasteiger partial charge is 0.485 e. The van der Waals surface area contributed by atoms with Gasteiger partial charge in [-0.25, -0.2) is 0 Å². The molecule has 1 N–H and O–H groups in total. The molecule has 1 aromatic heterocycles. The molecule has 0 aliphatic heterocycles. The lowest BCUT2D eigenvalue weighted by atomic mass is 10.1. The van der Waals surface area contributed by atoms with Crippen molar-refractivity contribution in [2.75, 3.05) is 0 Å². The topological polar surface area (TPSA) is 101 Å². The van der Waals surface area contributed by atoms with Crippen molar-refractivity contribution in [2.24, 2.45) is 0 Å². The van der Waals surface area contributed by atoms with Crippen LogP contribution in [0, 0.1) is 18.3 Å². The molecule has 0 radical (unpaired) electrons. The first-order valence-corrected chi connectivity index (χ1v) is 7.94. The van der Waals surface area contributed by atoms with E-state index >= 15 is 0 Å². The number of nitrogens with zero attached hydrogens (tertiary/aromatic N) is 3. The predicted octanol–water partition coefficient (Wildman–Crippen LogP) is 2.76. The molecule has 1 amide bonds. The maximum absolute atomic E-state index is 12.5. The number of ether oxygens (including phenoxy) is 1. The number of hydrogen-bond donors (Lipinski definition) is 1. The minimum Gasteiger partial charge on any atom is -0.485 e. The van der Waals surface area contributed by atoms with Crippen LogP contribution in [0.1, 0.15) is 33.2 Å². The molecule has 130 valence electrons. The van der Waals surface area contributed by atoms with Crippen LogP contribution in [0.4, 0.5) is 0 Å². The molecule has 0 unspecified atom stereocenters. The van der Waals surface area contributed by atoms with Crippen molar-refractivity contribution in [3.8, 4) is 11.8 Å². The second-order valence-corrected chi connectivity index (χ2v) is 5.51. The van der Waals surface area contributed by atoms with Crippen LogP contribution in [0.5, 0.6) is 5.75 Å². The first-order valence-electron chi connectivity index (χ1n) is 7.94. The molecule has 0 atom stereocenters. The molecule has 7 nitrogen and oxygen atoms in total. The summed E-state index contributed by atoms with van der Waals surface area (Å²) in [7, 11) is 0. The van der Waals surface area contributed by atoms with Gasteiger partial charge >= 0.3 is 0 Å². The van der Waals surface area contributed by atoms with Gasteiger partial charge in [-0.05, 0) is 29.8 Å². The fourth-order valence-corrected chi connectivity index (χ4v) is 2.30. The molecule has 0 aliphatic rings. The number of carbonyl (C=O) groups excluding carboxylic acids is 1. The van der Waals surface area contributed by atoms with E-state index in [1.54, 1.807) is 55.5 Å². The minimum atomic E-state index is -0.255. The Morgan fingerprint density at radius 1 is 1.23 bits per heavy atom. The second-order valence-electron chi connectivity index (χ2n) is 5.51. The first-order chi connectivity index (χ1) is 12.7. The van der Waals surface area contributed by atoms with Gasteiger partial charge in [0, 0.05) is 13.5 Å². The third-order valence-corrected chi connectivity index (χ3v) is 3.59. The van der Waals surface area contributed by atoms with Gasteiger partial charge in [-0.1, -0.05) is 29.4 Å². The van der Waals surface area contributed by atoms with Gasteiger partial charge in [-0.3, -0.25) is 4.79 Å². The van der Waals surface area contributed by atoms with Crippen LogP contribution in [0.25, 0.3) is 0 Å². The zero-order valence-corrected chi connectivity index (χ0v) is 14.1. The van der Waals surface area contributed by atoms with Crippen LogP contribution in [0.3, 0.4) is 0 Å². The highest BCUT2D eigenvalue weighted by atomic mass is 16.5. The van der Waals surface area contributed by atoms with E-state index in [2.05, 4.69) is 21.5 Å². The van der Waals surface area contributed by atoms with E-state index in [0.29, 0.717) is 35.1 Å². The zero-order chi connectivity index (χ0) is 18.4. The smallest absolute Gasteiger partial charge is 0.255 e. The number of hydrogen-bond acceptors (Lipinski definition) is 6. The summed E-state index contributed by atoms with van der Waals surface area (Å²) in [5, 5.41) is 15.4. The van der Waals surface area contributed by atoms with E-state index in [1.807, 2.05) is 0 Å². The molecule has 2 aromatic carbocycles. The number of aryl methyl sites for hydroxylation is 1. The second kappa shape index (κ2) is 7.94. The summed E-state index contributed by atoms with van der Waals surface area (Å²) in [5.41, 5.74) is 1.90. The molecular weight excluding hydrogens is 332 g/mol. The van der Waals surface area contributed by atoms with E-state index < -0.39 is 0 Å². The molecular formula is C19H16N4O3. The number of benzene rings is 2. The lowest BCUT2D eigenvalue weighted by Gasteiger charge is -2.10. The summed E-state index contributed by atoms with van der Waals surface area (Å²) < 4.78 is 10.6. The maximum atomic E-state index is 12.5. The Morgan fingerprint density at radius 3 is 2.69 bits per heavy atom. The first kappa shape index (κ1) is 17.2. The molecule has 0 bridgehead atoms. The van der Waals surface area contributed by atoms with Crippen molar-refractivity contribution in [1.82, 2.24) is 15.5 Å². The Bertz CT molecular complexity index is 942. The highest BCUT2D eigenvalue weighted by Gasteiger charge is 2.13. The van der Waals surface area contributed by atoms with Crippen LogP contribution in [-0.4, -0.2) is 16.0 Å². The Hall–Kier alpha value is -3.66. The van der Waals surface area contributed by atoms with E-state index in [1.165, 1.54) is 0 Å². The summed E-state index contributed by atoms with van der Waals surface area (Å²) in [6.07, 6.45) is 0. The van der Waals surface area contributed by atoms with Gasteiger partial charge < -0.3 is 14.6 Å². The molecule has 0 saturated heterocycles. The number of rotatable bonds is 6. The van der Waals surface area contributed by atoms with Crippen molar-refractivity contribution in [2.45, 2.75) is 20.1 Å². The van der Waals surface area contributed by atoms with Crippen LogP contribution in [0.15, 0.2) is 53.1 Å². The molecule has 26 heavy (non-hydrogen) atoms. The number of aromatic nitrogens is 2. The molecule has 0 fully saturated rings. The fraction of sp³-hybridized carbons (Fsp3) is 0.158. The highest BCUT2D eigenvalue weighted by Crippen LogP contribution is 2.19. The van der Waals surface area contributed by atoms with Crippen molar-refractivity contribution >= 4 is 5.91 Å². The van der Waals surface area contributed by atoms with Crippen molar-refractivity contribution in [3.05, 3.63) is 76.9 Å². The summed E-state index contributed by atoms with van der Waals surface area (Å²) in [4.78, 5) is 16.5. The summed E-state index contributed by atoms with van der Waals surface area (Å²) in [6, 6.07) is 16.0. The monoisotopic (exact) mass is 348 g/mol. The average Bonchev–Trinajstić information content (AvgIpc) is 3.10.